The summed E-state index contributed by atoms with van der Waals surface area (Å²) in [5, 5.41) is 10.00. The van der Waals surface area contributed by atoms with Gasteiger partial charge < -0.3 is 15.6 Å². The lowest BCUT2D eigenvalue weighted by molar-refractivity contribution is -0.267. The van der Waals surface area contributed by atoms with E-state index >= 15 is 0 Å². The Labute approximate surface area is 137 Å². The van der Waals surface area contributed by atoms with Crippen LogP contribution in [-0.2, 0) is 15.1 Å². The van der Waals surface area contributed by atoms with Crippen LogP contribution in [-0.4, -0.2) is 33.9 Å². The van der Waals surface area contributed by atoms with Gasteiger partial charge >= 0.3 is 17.8 Å². The minimum Gasteiger partial charge on any atom is -0.466 e. The summed E-state index contributed by atoms with van der Waals surface area (Å²) in [7, 11) is 0.594. The fraction of sp³-hybridized carbons (Fsp3) is 0.214. The number of carbonyl (C=O) groups is 1. The number of hydrogen-bond acceptors (Lipinski definition) is 6. The Balaban J connectivity index is 2.94. The number of rotatable bonds is 3. The highest BCUT2D eigenvalue weighted by Gasteiger charge is 2.64. The van der Waals surface area contributed by atoms with Crippen LogP contribution in [0.25, 0.3) is 5.69 Å². The smallest absolute Gasteiger partial charge is 0.432 e. The first kappa shape index (κ1) is 18.3. The van der Waals surface area contributed by atoms with Crippen molar-refractivity contribution in [1.29, 1.82) is 0 Å². The zero-order valence-electron chi connectivity index (χ0n) is 12.6. The molecule has 0 aliphatic heterocycles. The molecule has 4 N–H and O–H groups in total. The van der Waals surface area contributed by atoms with Crippen molar-refractivity contribution < 1.29 is 27.8 Å². The molecule has 0 radical (unpaired) electrons. The molecule has 0 saturated carbocycles. The topological polar surface area (TPSA) is 127 Å². The van der Waals surface area contributed by atoms with Crippen LogP contribution in [0.2, 0.25) is 0 Å². The van der Waals surface area contributed by atoms with Crippen LogP contribution in [0.1, 0.15) is 5.56 Å². The average Bonchev–Trinajstić information content (AvgIpc) is 2.53. The minimum atomic E-state index is -5.64. The summed E-state index contributed by atoms with van der Waals surface area (Å²) in [5.74, 6) is -3.22. The van der Waals surface area contributed by atoms with Crippen molar-refractivity contribution in [3.8, 4) is 5.69 Å². The van der Waals surface area contributed by atoms with Gasteiger partial charge in [-0.3, -0.25) is 9.78 Å². The van der Waals surface area contributed by atoms with Crippen LogP contribution in [0.5, 0.6) is 0 Å². The summed E-state index contributed by atoms with van der Waals surface area (Å²) in [5.41, 5.74) is -3.15. The lowest BCUT2D eigenvalue weighted by Crippen LogP contribution is -2.54. The van der Waals surface area contributed by atoms with E-state index in [1.807, 2.05) is 0 Å². The number of aromatic nitrogens is 2. The molecule has 8 nitrogen and oxygen atoms in total. The fourth-order valence-electron chi connectivity index (χ4n) is 2.24. The third kappa shape index (κ3) is 2.78. The number of nitrogens with zero attached hydrogens (tertiary/aromatic N) is 1. The zero-order valence-corrected chi connectivity index (χ0v) is 12.6. The van der Waals surface area contributed by atoms with E-state index in [-0.39, 0.29) is 5.69 Å². The quantitative estimate of drug-likeness (QED) is 0.664. The van der Waals surface area contributed by atoms with Crippen LogP contribution >= 0.6 is 0 Å². The number of carbonyl (C=O) groups excluding carboxylic acids is 1. The van der Waals surface area contributed by atoms with E-state index in [1.165, 1.54) is 24.3 Å². The van der Waals surface area contributed by atoms with Crippen molar-refractivity contribution in [2.75, 3.05) is 12.8 Å². The molecule has 2 rings (SSSR count). The number of nitrogens with two attached hydrogens (primary N) is 1. The lowest BCUT2D eigenvalue weighted by Gasteiger charge is -2.28. The molecule has 0 amide bonds. The van der Waals surface area contributed by atoms with Gasteiger partial charge in [0.05, 0.1) is 12.8 Å². The SMILES string of the molecule is COC(=O)C(O)(c1c(N)n(-c2ccccc2)c(=O)[nH]c1=O)C(F)(F)F. The molecule has 0 bridgehead atoms. The predicted octanol–water partition coefficient (Wildman–Crippen LogP) is 0.0309. The second-order valence-electron chi connectivity index (χ2n) is 4.89. The normalized spacial score (nSPS) is 14.0. The first-order chi connectivity index (χ1) is 11.6. The molecule has 1 aromatic carbocycles. The molecular formula is C14H12F3N3O5. The van der Waals surface area contributed by atoms with E-state index in [2.05, 4.69) is 4.74 Å². The number of nitrogens with one attached hydrogen (secondary N) is 1. The van der Waals surface area contributed by atoms with E-state index in [9.17, 15) is 32.7 Å². The Morgan fingerprint density at radius 2 is 1.80 bits per heavy atom. The van der Waals surface area contributed by atoms with Gasteiger partial charge in [-0.05, 0) is 12.1 Å². The predicted molar refractivity (Wildman–Crippen MR) is 79.0 cm³/mol. The third-order valence-electron chi connectivity index (χ3n) is 3.41. The highest BCUT2D eigenvalue weighted by atomic mass is 19.4. The number of para-hydroxylation sites is 1. The Morgan fingerprint density at radius 3 is 2.28 bits per heavy atom. The first-order valence-electron chi connectivity index (χ1n) is 6.64. The maximum Gasteiger partial charge on any atom is 0.432 e. The number of benzene rings is 1. The monoisotopic (exact) mass is 359 g/mol. The number of esters is 1. The van der Waals surface area contributed by atoms with Gasteiger partial charge in [0.1, 0.15) is 11.4 Å². The highest BCUT2D eigenvalue weighted by Crippen LogP contribution is 2.40. The highest BCUT2D eigenvalue weighted by molar-refractivity contribution is 5.83. The van der Waals surface area contributed by atoms with E-state index in [1.54, 1.807) is 11.1 Å². The van der Waals surface area contributed by atoms with Crippen molar-refractivity contribution in [2.45, 2.75) is 11.8 Å². The molecular weight excluding hydrogens is 347 g/mol. The number of alkyl halides is 3. The molecule has 0 spiro atoms. The molecule has 1 heterocycles. The molecule has 2 aromatic rings. The summed E-state index contributed by atoms with van der Waals surface area (Å²) in [6.45, 7) is 0. The third-order valence-corrected chi connectivity index (χ3v) is 3.41. The molecule has 1 unspecified atom stereocenters. The Morgan fingerprint density at radius 1 is 1.24 bits per heavy atom. The van der Waals surface area contributed by atoms with Crippen molar-refractivity contribution in [3.63, 3.8) is 0 Å². The number of aromatic amines is 1. The van der Waals surface area contributed by atoms with Crippen LogP contribution < -0.4 is 17.0 Å². The largest absolute Gasteiger partial charge is 0.466 e. The number of ether oxygens (including phenoxy) is 1. The maximum absolute atomic E-state index is 13.4. The molecule has 1 aromatic heterocycles. The van der Waals surface area contributed by atoms with E-state index in [0.29, 0.717) is 11.7 Å². The number of hydrogen-bond donors (Lipinski definition) is 3. The Kier molecular flexibility index (Phi) is 4.45. The molecule has 0 fully saturated rings. The number of aliphatic hydroxyl groups is 1. The molecule has 0 aliphatic rings. The van der Waals surface area contributed by atoms with Gasteiger partial charge in [0.25, 0.3) is 11.2 Å². The average molecular weight is 359 g/mol. The summed E-state index contributed by atoms with van der Waals surface area (Å²) in [6.07, 6.45) is -5.64. The fourth-order valence-corrected chi connectivity index (χ4v) is 2.24. The molecule has 1 atom stereocenters. The Bertz CT molecular complexity index is 920. The number of nitrogen functional groups attached to an aromatic ring is 1. The molecule has 134 valence electrons. The lowest BCUT2D eigenvalue weighted by atomic mass is 9.94. The first-order valence-corrected chi connectivity index (χ1v) is 6.64. The van der Waals surface area contributed by atoms with Gasteiger partial charge in [0.2, 0.25) is 0 Å². The summed E-state index contributed by atoms with van der Waals surface area (Å²) in [4.78, 5) is 37.2. The Hall–Kier alpha value is -3.08. The maximum atomic E-state index is 13.4. The summed E-state index contributed by atoms with van der Waals surface area (Å²) >= 11 is 0. The van der Waals surface area contributed by atoms with Crippen LogP contribution in [0.15, 0.2) is 39.9 Å². The standard InChI is InChI=1S/C14H12F3N3O5/c1-25-11(22)13(24,14(15,16)17)8-9(18)20(12(23)19-10(8)21)7-5-3-2-4-6-7/h2-6,24H,18H2,1H3,(H,19,21,23). The number of H-pyrrole nitrogens is 1. The van der Waals surface area contributed by atoms with E-state index in [4.69, 9.17) is 5.73 Å². The van der Waals surface area contributed by atoms with Crippen molar-refractivity contribution in [2.24, 2.45) is 0 Å². The van der Waals surface area contributed by atoms with Crippen molar-refractivity contribution in [3.05, 3.63) is 56.7 Å². The van der Waals surface area contributed by atoms with Gasteiger partial charge in [-0.1, -0.05) is 18.2 Å². The van der Waals surface area contributed by atoms with Gasteiger partial charge in [0, 0.05) is 0 Å². The van der Waals surface area contributed by atoms with Crippen LogP contribution in [0, 0.1) is 0 Å². The molecule has 25 heavy (non-hydrogen) atoms. The molecule has 0 aliphatic carbocycles. The van der Waals surface area contributed by atoms with Gasteiger partial charge in [-0.25, -0.2) is 14.2 Å². The number of methoxy groups -OCH3 is 1. The van der Waals surface area contributed by atoms with Crippen molar-refractivity contribution in [1.82, 2.24) is 9.55 Å². The van der Waals surface area contributed by atoms with E-state index < -0.39 is 40.4 Å². The molecule has 11 heteroatoms. The number of halogens is 3. The van der Waals surface area contributed by atoms with E-state index in [0.717, 1.165) is 0 Å². The van der Waals surface area contributed by atoms with Crippen molar-refractivity contribution >= 4 is 11.8 Å². The molecule has 0 saturated heterocycles. The van der Waals surface area contributed by atoms with Gasteiger partial charge in [-0.15, -0.1) is 0 Å². The van der Waals surface area contributed by atoms with Gasteiger partial charge in [0.15, 0.2) is 0 Å². The second kappa shape index (κ2) is 6.09. The zero-order chi connectivity index (χ0) is 19.0. The second-order valence-corrected chi connectivity index (χ2v) is 4.89. The summed E-state index contributed by atoms with van der Waals surface area (Å²) in [6, 6.07) is 7.14. The van der Waals surface area contributed by atoms with Gasteiger partial charge in [-0.2, -0.15) is 13.2 Å². The number of anilines is 1. The minimum absolute atomic E-state index is 0.0110. The summed E-state index contributed by atoms with van der Waals surface area (Å²) < 4.78 is 44.6. The van der Waals surface area contributed by atoms with Crippen LogP contribution in [0.3, 0.4) is 0 Å². The van der Waals surface area contributed by atoms with Crippen LogP contribution in [0.4, 0.5) is 19.0 Å².